The second-order valence-corrected chi connectivity index (χ2v) is 5.86. The Morgan fingerprint density at radius 3 is 2.92 bits per heavy atom. The lowest BCUT2D eigenvalue weighted by atomic mass is 10.3. The van der Waals surface area contributed by atoms with Crippen LogP contribution in [0.5, 0.6) is 5.75 Å². The molecule has 6 nitrogen and oxygen atoms in total. The van der Waals surface area contributed by atoms with Gasteiger partial charge in [0.1, 0.15) is 18.1 Å². The van der Waals surface area contributed by atoms with Crippen LogP contribution in [0, 0.1) is 0 Å². The molecule has 0 spiro atoms. The summed E-state index contributed by atoms with van der Waals surface area (Å²) in [5.74, 6) is -0.0321. The summed E-state index contributed by atoms with van der Waals surface area (Å²) in [5.41, 5.74) is 0.215. The Balaban J connectivity index is 1.61. The van der Waals surface area contributed by atoms with Crippen molar-refractivity contribution in [2.45, 2.75) is 12.5 Å². The number of hydrogen-bond acceptors (Lipinski definition) is 5. The number of ether oxygens (including phenoxy) is 2. The standard InChI is InChI=1S/C17H16ClNO5/c1-22-17(21)11-7-15(23-10-11)16(20)19-6-5-14(9-19)24-13-4-2-3-12(18)8-13/h2-4,7-8,10,14H,5-6,9H2,1H3/t14-/m0/s1. The molecule has 24 heavy (non-hydrogen) atoms. The number of furan rings is 1. The molecule has 0 saturated carbocycles. The van der Waals surface area contributed by atoms with Crippen LogP contribution in [-0.2, 0) is 4.74 Å². The first-order valence-corrected chi connectivity index (χ1v) is 7.83. The number of carbonyl (C=O) groups excluding carboxylic acids is 2. The van der Waals surface area contributed by atoms with Gasteiger partial charge in [-0.15, -0.1) is 0 Å². The van der Waals surface area contributed by atoms with Gasteiger partial charge in [0.15, 0.2) is 5.76 Å². The Labute approximate surface area is 143 Å². The van der Waals surface area contributed by atoms with Crippen molar-refractivity contribution in [2.24, 2.45) is 0 Å². The lowest BCUT2D eigenvalue weighted by Crippen LogP contribution is -2.30. The highest BCUT2D eigenvalue weighted by molar-refractivity contribution is 6.30. The first-order chi connectivity index (χ1) is 11.6. The van der Waals surface area contributed by atoms with Crippen LogP contribution in [0.4, 0.5) is 0 Å². The van der Waals surface area contributed by atoms with Gasteiger partial charge in [-0.05, 0) is 18.2 Å². The van der Waals surface area contributed by atoms with E-state index in [9.17, 15) is 9.59 Å². The summed E-state index contributed by atoms with van der Waals surface area (Å²) in [7, 11) is 1.27. The van der Waals surface area contributed by atoms with Gasteiger partial charge in [-0.1, -0.05) is 17.7 Å². The zero-order chi connectivity index (χ0) is 17.1. The Bertz CT molecular complexity index is 757. The zero-order valence-electron chi connectivity index (χ0n) is 13.0. The van der Waals surface area contributed by atoms with E-state index in [2.05, 4.69) is 4.74 Å². The van der Waals surface area contributed by atoms with Gasteiger partial charge in [0.05, 0.1) is 19.2 Å². The summed E-state index contributed by atoms with van der Waals surface area (Å²) in [4.78, 5) is 25.5. The average Bonchev–Trinajstić information content (AvgIpc) is 3.23. The first-order valence-electron chi connectivity index (χ1n) is 7.45. The molecule has 0 unspecified atom stereocenters. The number of amides is 1. The number of benzene rings is 1. The predicted octanol–water partition coefficient (Wildman–Crippen LogP) is 3.01. The van der Waals surface area contributed by atoms with Gasteiger partial charge in [0, 0.05) is 24.1 Å². The van der Waals surface area contributed by atoms with E-state index in [1.165, 1.54) is 19.4 Å². The molecule has 1 aliphatic heterocycles. The highest BCUT2D eigenvalue weighted by Crippen LogP contribution is 2.23. The van der Waals surface area contributed by atoms with Crippen molar-refractivity contribution in [3.63, 3.8) is 0 Å². The van der Waals surface area contributed by atoms with Gasteiger partial charge in [0.25, 0.3) is 5.91 Å². The molecule has 1 aromatic carbocycles. The fraction of sp³-hybridized carbons (Fsp3) is 0.294. The maximum Gasteiger partial charge on any atom is 0.341 e. The highest BCUT2D eigenvalue weighted by Gasteiger charge is 2.30. The van der Waals surface area contributed by atoms with Crippen molar-refractivity contribution < 1.29 is 23.5 Å². The fourth-order valence-electron chi connectivity index (χ4n) is 2.57. The van der Waals surface area contributed by atoms with Gasteiger partial charge in [-0.25, -0.2) is 4.79 Å². The number of esters is 1. The van der Waals surface area contributed by atoms with E-state index in [1.807, 2.05) is 12.1 Å². The number of likely N-dealkylation sites (tertiary alicyclic amines) is 1. The van der Waals surface area contributed by atoms with Crippen LogP contribution in [0.25, 0.3) is 0 Å². The second-order valence-electron chi connectivity index (χ2n) is 5.43. The molecule has 1 fully saturated rings. The Morgan fingerprint density at radius 2 is 2.17 bits per heavy atom. The van der Waals surface area contributed by atoms with Gasteiger partial charge in [-0.2, -0.15) is 0 Å². The molecule has 3 rings (SSSR count). The lowest BCUT2D eigenvalue weighted by molar-refractivity contribution is 0.0599. The monoisotopic (exact) mass is 349 g/mol. The van der Waals surface area contributed by atoms with Crippen LogP contribution < -0.4 is 4.74 Å². The number of carbonyl (C=O) groups is 2. The maximum atomic E-state index is 12.4. The topological polar surface area (TPSA) is 69.0 Å². The SMILES string of the molecule is COC(=O)c1coc(C(=O)N2CC[C@H](Oc3cccc(Cl)c3)C2)c1. The van der Waals surface area contributed by atoms with Crippen molar-refractivity contribution in [1.29, 1.82) is 0 Å². The minimum absolute atomic E-state index is 0.109. The second kappa shape index (κ2) is 6.97. The minimum Gasteiger partial charge on any atom is -0.488 e. The third-order valence-electron chi connectivity index (χ3n) is 3.76. The summed E-state index contributed by atoms with van der Waals surface area (Å²) in [6.07, 6.45) is 1.82. The first kappa shape index (κ1) is 16.4. The number of methoxy groups -OCH3 is 1. The van der Waals surface area contributed by atoms with E-state index in [0.717, 1.165) is 0 Å². The molecule has 2 heterocycles. The van der Waals surface area contributed by atoms with Crippen LogP contribution in [0.1, 0.15) is 27.3 Å². The molecule has 0 radical (unpaired) electrons. The molecule has 1 saturated heterocycles. The van der Waals surface area contributed by atoms with Gasteiger partial charge >= 0.3 is 5.97 Å². The molecule has 7 heteroatoms. The molecular weight excluding hydrogens is 334 g/mol. The van der Waals surface area contributed by atoms with Crippen LogP contribution in [-0.4, -0.2) is 43.1 Å². The van der Waals surface area contributed by atoms with Crippen LogP contribution >= 0.6 is 11.6 Å². The van der Waals surface area contributed by atoms with E-state index in [4.69, 9.17) is 20.8 Å². The van der Waals surface area contributed by atoms with Crippen molar-refractivity contribution in [3.8, 4) is 5.75 Å². The summed E-state index contributed by atoms with van der Waals surface area (Å²) >= 11 is 5.93. The molecule has 0 bridgehead atoms. The highest BCUT2D eigenvalue weighted by atomic mass is 35.5. The van der Waals surface area contributed by atoms with Crippen molar-refractivity contribution in [1.82, 2.24) is 4.90 Å². The molecule has 1 amide bonds. The van der Waals surface area contributed by atoms with Crippen LogP contribution in [0.3, 0.4) is 0 Å². The number of rotatable bonds is 4. The summed E-state index contributed by atoms with van der Waals surface area (Å²) < 4.78 is 15.6. The van der Waals surface area contributed by atoms with Crippen molar-refractivity contribution in [2.75, 3.05) is 20.2 Å². The molecule has 2 aromatic rings. The summed E-state index contributed by atoms with van der Waals surface area (Å²) in [6, 6.07) is 8.54. The quantitative estimate of drug-likeness (QED) is 0.794. The zero-order valence-corrected chi connectivity index (χ0v) is 13.8. The molecule has 1 atom stereocenters. The molecule has 0 aliphatic carbocycles. The van der Waals surface area contributed by atoms with E-state index >= 15 is 0 Å². The van der Waals surface area contributed by atoms with Crippen LogP contribution in [0.2, 0.25) is 5.02 Å². The molecule has 126 valence electrons. The maximum absolute atomic E-state index is 12.4. The Hall–Kier alpha value is -2.47. The Morgan fingerprint density at radius 1 is 1.33 bits per heavy atom. The lowest BCUT2D eigenvalue weighted by Gasteiger charge is -2.16. The molecular formula is C17H16ClNO5. The third kappa shape index (κ3) is 3.54. The fourth-order valence-corrected chi connectivity index (χ4v) is 2.75. The number of hydrogen-bond donors (Lipinski definition) is 0. The summed E-state index contributed by atoms with van der Waals surface area (Å²) in [5, 5.41) is 0.601. The third-order valence-corrected chi connectivity index (χ3v) is 4.00. The smallest absolute Gasteiger partial charge is 0.341 e. The largest absolute Gasteiger partial charge is 0.488 e. The summed E-state index contributed by atoms with van der Waals surface area (Å²) in [6.45, 7) is 0.998. The van der Waals surface area contributed by atoms with E-state index in [1.54, 1.807) is 17.0 Å². The van der Waals surface area contributed by atoms with Crippen LogP contribution in [0.15, 0.2) is 41.0 Å². The van der Waals surface area contributed by atoms with Crippen molar-refractivity contribution in [3.05, 3.63) is 52.9 Å². The minimum atomic E-state index is -0.540. The van der Waals surface area contributed by atoms with Crippen molar-refractivity contribution >= 4 is 23.5 Å². The van der Waals surface area contributed by atoms with E-state index < -0.39 is 5.97 Å². The van der Waals surface area contributed by atoms with E-state index in [-0.39, 0.29) is 23.3 Å². The number of halogens is 1. The van der Waals surface area contributed by atoms with Gasteiger partial charge < -0.3 is 18.8 Å². The predicted molar refractivity (Wildman–Crippen MR) is 86.4 cm³/mol. The normalized spacial score (nSPS) is 16.9. The molecule has 0 N–H and O–H groups in total. The Kier molecular flexibility index (Phi) is 4.76. The number of nitrogens with zero attached hydrogens (tertiary/aromatic N) is 1. The molecule has 1 aliphatic rings. The average molecular weight is 350 g/mol. The van der Waals surface area contributed by atoms with Gasteiger partial charge in [0.2, 0.25) is 0 Å². The molecule has 1 aromatic heterocycles. The van der Waals surface area contributed by atoms with Gasteiger partial charge in [-0.3, -0.25) is 4.79 Å². The van der Waals surface area contributed by atoms with E-state index in [0.29, 0.717) is 30.3 Å².